The summed E-state index contributed by atoms with van der Waals surface area (Å²) in [5.74, 6) is -1.04. The molecule has 18 heavy (non-hydrogen) atoms. The maximum absolute atomic E-state index is 10.9. The highest BCUT2D eigenvalue weighted by Gasteiger charge is 2.14. The number of carboxylic acids is 1. The maximum atomic E-state index is 10.9. The van der Waals surface area contributed by atoms with Gasteiger partial charge in [-0.2, -0.15) is 0 Å². The molecule has 2 rings (SSSR count). The number of aryl methyl sites for hydroxylation is 1. The lowest BCUT2D eigenvalue weighted by Gasteiger charge is -2.04. The van der Waals surface area contributed by atoms with Crippen molar-refractivity contribution >= 4 is 5.97 Å². The average molecular weight is 245 g/mol. The fraction of sp³-hybridized carbons (Fsp3) is 0.308. The zero-order valence-electron chi connectivity index (χ0n) is 10.4. The SMILES string of the molecule is CCc1ccc(Cn2nnc(C(=O)O)c2C)cc1. The van der Waals surface area contributed by atoms with E-state index >= 15 is 0 Å². The van der Waals surface area contributed by atoms with Crippen LogP contribution in [0.25, 0.3) is 0 Å². The standard InChI is InChI=1S/C13H15N3O2/c1-3-10-4-6-11(7-5-10)8-16-9(2)12(13(17)18)14-15-16/h4-7H,3,8H2,1-2H3,(H,17,18). The van der Waals surface area contributed by atoms with E-state index < -0.39 is 5.97 Å². The van der Waals surface area contributed by atoms with E-state index in [0.717, 1.165) is 12.0 Å². The summed E-state index contributed by atoms with van der Waals surface area (Å²) in [6.45, 7) is 4.36. The molecule has 0 aliphatic carbocycles. The molecule has 1 heterocycles. The number of hydrogen-bond acceptors (Lipinski definition) is 3. The maximum Gasteiger partial charge on any atom is 0.358 e. The fourth-order valence-corrected chi connectivity index (χ4v) is 1.76. The zero-order chi connectivity index (χ0) is 13.1. The summed E-state index contributed by atoms with van der Waals surface area (Å²) in [6.07, 6.45) is 1.01. The van der Waals surface area contributed by atoms with Crippen LogP contribution in [0.4, 0.5) is 0 Å². The quantitative estimate of drug-likeness (QED) is 0.893. The number of carboxylic acid groups (broad SMARTS) is 1. The van der Waals surface area contributed by atoms with Gasteiger partial charge in [0.2, 0.25) is 0 Å². The van der Waals surface area contributed by atoms with Crippen molar-refractivity contribution in [2.75, 3.05) is 0 Å². The summed E-state index contributed by atoms with van der Waals surface area (Å²) in [5, 5.41) is 16.4. The Kier molecular flexibility index (Phi) is 3.41. The van der Waals surface area contributed by atoms with Crippen molar-refractivity contribution in [2.45, 2.75) is 26.8 Å². The number of aromatic carboxylic acids is 1. The lowest BCUT2D eigenvalue weighted by atomic mass is 10.1. The van der Waals surface area contributed by atoms with E-state index in [1.54, 1.807) is 11.6 Å². The monoisotopic (exact) mass is 245 g/mol. The second-order valence-electron chi connectivity index (χ2n) is 4.16. The van der Waals surface area contributed by atoms with E-state index in [9.17, 15) is 4.79 Å². The van der Waals surface area contributed by atoms with Gasteiger partial charge in [0.25, 0.3) is 0 Å². The van der Waals surface area contributed by atoms with Crippen LogP contribution in [0.5, 0.6) is 0 Å². The first-order chi connectivity index (χ1) is 8.61. The van der Waals surface area contributed by atoms with Crippen LogP contribution in [0.3, 0.4) is 0 Å². The van der Waals surface area contributed by atoms with Crippen LogP contribution < -0.4 is 0 Å². The van der Waals surface area contributed by atoms with Crippen molar-refractivity contribution in [2.24, 2.45) is 0 Å². The van der Waals surface area contributed by atoms with Crippen LogP contribution in [-0.2, 0) is 13.0 Å². The largest absolute Gasteiger partial charge is 0.476 e. The molecule has 94 valence electrons. The smallest absolute Gasteiger partial charge is 0.358 e. The fourth-order valence-electron chi connectivity index (χ4n) is 1.76. The number of rotatable bonds is 4. The Bertz CT molecular complexity index is 558. The molecule has 0 unspecified atom stereocenters. The molecule has 0 fully saturated rings. The first kappa shape index (κ1) is 12.3. The summed E-state index contributed by atoms with van der Waals surface area (Å²) in [6, 6.07) is 8.19. The van der Waals surface area contributed by atoms with E-state index in [2.05, 4.69) is 29.4 Å². The van der Waals surface area contributed by atoms with Crippen LogP contribution in [0, 0.1) is 6.92 Å². The zero-order valence-corrected chi connectivity index (χ0v) is 10.4. The number of benzene rings is 1. The van der Waals surface area contributed by atoms with Gasteiger partial charge >= 0.3 is 5.97 Å². The highest BCUT2D eigenvalue weighted by Crippen LogP contribution is 2.09. The number of aromatic nitrogens is 3. The summed E-state index contributed by atoms with van der Waals surface area (Å²) in [5.41, 5.74) is 2.94. The van der Waals surface area contributed by atoms with Gasteiger partial charge in [0.05, 0.1) is 12.2 Å². The Morgan fingerprint density at radius 2 is 1.89 bits per heavy atom. The van der Waals surface area contributed by atoms with Crippen LogP contribution in [0.15, 0.2) is 24.3 Å². The molecule has 0 saturated carbocycles. The second kappa shape index (κ2) is 5.00. The number of carbonyl (C=O) groups is 1. The molecular weight excluding hydrogens is 230 g/mol. The van der Waals surface area contributed by atoms with E-state index in [0.29, 0.717) is 12.2 Å². The average Bonchev–Trinajstić information content (AvgIpc) is 2.72. The molecular formula is C13H15N3O2. The predicted molar refractivity (Wildman–Crippen MR) is 66.6 cm³/mol. The minimum absolute atomic E-state index is 0.0141. The van der Waals surface area contributed by atoms with Crippen molar-refractivity contribution in [3.8, 4) is 0 Å². The van der Waals surface area contributed by atoms with Crippen LogP contribution in [0.1, 0.15) is 34.2 Å². The second-order valence-corrected chi connectivity index (χ2v) is 4.16. The number of hydrogen-bond donors (Lipinski definition) is 1. The first-order valence-corrected chi connectivity index (χ1v) is 5.83. The van der Waals surface area contributed by atoms with Gasteiger partial charge in [-0.05, 0) is 24.5 Å². The lowest BCUT2D eigenvalue weighted by molar-refractivity contribution is 0.0689. The van der Waals surface area contributed by atoms with Crippen molar-refractivity contribution in [3.63, 3.8) is 0 Å². The van der Waals surface area contributed by atoms with E-state index in [4.69, 9.17) is 5.11 Å². The molecule has 1 N–H and O–H groups in total. The summed E-state index contributed by atoms with van der Waals surface area (Å²) in [4.78, 5) is 10.9. The van der Waals surface area contributed by atoms with E-state index in [1.807, 2.05) is 12.1 Å². The third-order valence-corrected chi connectivity index (χ3v) is 2.95. The molecule has 1 aromatic carbocycles. The third kappa shape index (κ3) is 2.40. The van der Waals surface area contributed by atoms with Crippen LogP contribution in [0.2, 0.25) is 0 Å². The normalized spacial score (nSPS) is 10.6. The predicted octanol–water partition coefficient (Wildman–Crippen LogP) is 1.90. The molecule has 0 atom stereocenters. The Hall–Kier alpha value is -2.17. The van der Waals surface area contributed by atoms with E-state index in [-0.39, 0.29) is 5.69 Å². The molecule has 1 aromatic heterocycles. The molecule has 5 heteroatoms. The molecule has 2 aromatic rings. The third-order valence-electron chi connectivity index (χ3n) is 2.95. The van der Waals surface area contributed by atoms with Gasteiger partial charge in [0.1, 0.15) is 0 Å². The van der Waals surface area contributed by atoms with Gasteiger partial charge in [-0.25, -0.2) is 9.48 Å². The van der Waals surface area contributed by atoms with E-state index in [1.165, 1.54) is 5.56 Å². The van der Waals surface area contributed by atoms with Crippen molar-refractivity contribution < 1.29 is 9.90 Å². The molecule has 0 amide bonds. The first-order valence-electron chi connectivity index (χ1n) is 5.83. The molecule has 0 spiro atoms. The van der Waals surface area contributed by atoms with Gasteiger partial charge in [0, 0.05) is 0 Å². The molecule has 0 saturated heterocycles. The molecule has 0 aliphatic heterocycles. The van der Waals surface area contributed by atoms with Crippen LogP contribution >= 0.6 is 0 Å². The highest BCUT2D eigenvalue weighted by molar-refractivity contribution is 5.86. The topological polar surface area (TPSA) is 68.0 Å². The minimum atomic E-state index is -1.04. The molecule has 0 aliphatic rings. The van der Waals surface area contributed by atoms with Gasteiger partial charge in [0.15, 0.2) is 5.69 Å². The number of nitrogens with zero attached hydrogens (tertiary/aromatic N) is 3. The van der Waals surface area contributed by atoms with Gasteiger partial charge in [-0.15, -0.1) is 5.10 Å². The molecule has 0 bridgehead atoms. The van der Waals surface area contributed by atoms with Gasteiger partial charge < -0.3 is 5.11 Å². The van der Waals surface area contributed by atoms with Crippen molar-refractivity contribution in [1.82, 2.24) is 15.0 Å². The lowest BCUT2D eigenvalue weighted by Crippen LogP contribution is -2.05. The highest BCUT2D eigenvalue weighted by atomic mass is 16.4. The Morgan fingerprint density at radius 1 is 1.28 bits per heavy atom. The Morgan fingerprint density at radius 3 is 2.39 bits per heavy atom. The van der Waals surface area contributed by atoms with Gasteiger partial charge in [-0.3, -0.25) is 0 Å². The minimum Gasteiger partial charge on any atom is -0.476 e. The Balaban J connectivity index is 2.20. The summed E-state index contributed by atoms with van der Waals surface area (Å²) >= 11 is 0. The molecule has 0 radical (unpaired) electrons. The molecule has 5 nitrogen and oxygen atoms in total. The van der Waals surface area contributed by atoms with Crippen LogP contribution in [-0.4, -0.2) is 26.1 Å². The summed E-state index contributed by atoms with van der Waals surface area (Å²) in [7, 11) is 0. The van der Waals surface area contributed by atoms with Crippen molar-refractivity contribution in [3.05, 3.63) is 46.8 Å². The summed E-state index contributed by atoms with van der Waals surface area (Å²) < 4.78 is 1.60. The Labute approximate surface area is 105 Å². The van der Waals surface area contributed by atoms with Crippen molar-refractivity contribution in [1.29, 1.82) is 0 Å². The van der Waals surface area contributed by atoms with Gasteiger partial charge in [-0.1, -0.05) is 36.4 Å².